The molecule has 0 fully saturated rings. The van der Waals surface area contributed by atoms with Gasteiger partial charge in [0.25, 0.3) is 0 Å². The highest BCUT2D eigenvalue weighted by atomic mass is 32.1. The van der Waals surface area contributed by atoms with E-state index < -0.39 is 0 Å². The van der Waals surface area contributed by atoms with Crippen molar-refractivity contribution in [3.63, 3.8) is 0 Å². The zero-order valence-electron chi connectivity index (χ0n) is 10.9. The lowest BCUT2D eigenvalue weighted by molar-refractivity contribution is 0.549. The fraction of sp³-hybridized carbons (Fsp3) is 0.250. The van der Waals surface area contributed by atoms with Gasteiger partial charge in [0.2, 0.25) is 0 Å². The predicted molar refractivity (Wildman–Crippen MR) is 80.7 cm³/mol. The molecular formula is C16H17NOS. The second-order valence-electron chi connectivity index (χ2n) is 4.63. The zero-order chi connectivity index (χ0) is 13.1. The Labute approximate surface area is 117 Å². The zero-order valence-corrected chi connectivity index (χ0v) is 11.7. The summed E-state index contributed by atoms with van der Waals surface area (Å²) in [5.41, 5.74) is 2.53. The van der Waals surface area contributed by atoms with Crippen LogP contribution in [0.5, 0.6) is 0 Å². The van der Waals surface area contributed by atoms with E-state index in [1.54, 1.807) is 17.6 Å². The molecule has 0 radical (unpaired) electrons. The summed E-state index contributed by atoms with van der Waals surface area (Å²) in [7, 11) is 0. The Kier molecular flexibility index (Phi) is 3.67. The summed E-state index contributed by atoms with van der Waals surface area (Å²) in [6.45, 7) is 3.19. The van der Waals surface area contributed by atoms with Crippen molar-refractivity contribution in [2.45, 2.75) is 19.4 Å². The average Bonchev–Trinajstić information content (AvgIpc) is 3.09. The first-order valence-electron chi connectivity index (χ1n) is 6.61. The third-order valence-electron chi connectivity index (χ3n) is 3.30. The summed E-state index contributed by atoms with van der Waals surface area (Å²) >= 11 is 1.80. The third-order valence-corrected chi connectivity index (χ3v) is 4.28. The van der Waals surface area contributed by atoms with E-state index in [4.69, 9.17) is 4.42 Å². The lowest BCUT2D eigenvalue weighted by Crippen LogP contribution is -2.22. The first-order chi connectivity index (χ1) is 9.40. The minimum atomic E-state index is 0.217. The van der Waals surface area contributed by atoms with Gasteiger partial charge < -0.3 is 9.73 Å². The molecule has 0 spiro atoms. The van der Waals surface area contributed by atoms with E-state index in [1.165, 1.54) is 21.2 Å². The summed E-state index contributed by atoms with van der Waals surface area (Å²) in [4.78, 5) is 0. The number of nitrogens with one attached hydrogen (secondary N) is 1. The van der Waals surface area contributed by atoms with Gasteiger partial charge in [0.1, 0.15) is 0 Å². The van der Waals surface area contributed by atoms with E-state index in [2.05, 4.69) is 41.9 Å². The number of rotatable bonds is 5. The fourth-order valence-electron chi connectivity index (χ4n) is 2.36. The molecule has 2 aromatic heterocycles. The smallest absolute Gasteiger partial charge is 0.0953 e. The summed E-state index contributed by atoms with van der Waals surface area (Å²) in [6.07, 6.45) is 4.70. The molecule has 0 aliphatic carbocycles. The molecule has 1 N–H and O–H groups in total. The van der Waals surface area contributed by atoms with Crippen molar-refractivity contribution >= 4 is 21.4 Å². The maximum absolute atomic E-state index is 5.25. The van der Waals surface area contributed by atoms with Crippen molar-refractivity contribution in [3.8, 4) is 0 Å². The van der Waals surface area contributed by atoms with Crippen LogP contribution in [0.4, 0.5) is 0 Å². The number of benzene rings is 1. The van der Waals surface area contributed by atoms with Gasteiger partial charge in [0.15, 0.2) is 0 Å². The highest BCUT2D eigenvalue weighted by Crippen LogP contribution is 2.33. The van der Waals surface area contributed by atoms with Crippen LogP contribution < -0.4 is 5.32 Å². The maximum Gasteiger partial charge on any atom is 0.0953 e. The van der Waals surface area contributed by atoms with Gasteiger partial charge in [0.05, 0.1) is 18.6 Å². The largest absolute Gasteiger partial charge is 0.472 e. The van der Waals surface area contributed by atoms with Crippen LogP contribution in [-0.4, -0.2) is 6.54 Å². The van der Waals surface area contributed by atoms with E-state index in [0.717, 1.165) is 13.0 Å². The Balaban J connectivity index is 2.03. The molecule has 3 aromatic rings. The van der Waals surface area contributed by atoms with Crippen molar-refractivity contribution in [2.75, 3.05) is 6.54 Å². The van der Waals surface area contributed by atoms with Gasteiger partial charge in [-0.1, -0.05) is 25.1 Å². The van der Waals surface area contributed by atoms with Crippen LogP contribution in [0, 0.1) is 0 Å². The van der Waals surface area contributed by atoms with Crippen LogP contribution in [0.1, 0.15) is 30.5 Å². The molecular weight excluding hydrogens is 254 g/mol. The summed E-state index contributed by atoms with van der Waals surface area (Å²) in [5, 5.41) is 7.20. The van der Waals surface area contributed by atoms with Crippen LogP contribution in [0.2, 0.25) is 0 Å². The first kappa shape index (κ1) is 12.5. The van der Waals surface area contributed by atoms with Crippen LogP contribution >= 0.6 is 11.3 Å². The topological polar surface area (TPSA) is 25.2 Å². The third kappa shape index (κ3) is 2.44. The number of hydrogen-bond acceptors (Lipinski definition) is 3. The van der Waals surface area contributed by atoms with Gasteiger partial charge in [-0.15, -0.1) is 11.3 Å². The highest BCUT2D eigenvalue weighted by molar-refractivity contribution is 7.17. The molecule has 2 nitrogen and oxygen atoms in total. The molecule has 3 heteroatoms. The number of furan rings is 1. The summed E-state index contributed by atoms with van der Waals surface area (Å²) < 4.78 is 6.59. The molecule has 1 aromatic carbocycles. The molecule has 2 heterocycles. The quantitative estimate of drug-likeness (QED) is 0.734. The van der Waals surface area contributed by atoms with E-state index in [9.17, 15) is 0 Å². The van der Waals surface area contributed by atoms with E-state index in [0.29, 0.717) is 0 Å². The predicted octanol–water partition coefficient (Wildman–Crippen LogP) is 4.58. The Morgan fingerprint density at radius 2 is 2.16 bits per heavy atom. The first-order valence-corrected chi connectivity index (χ1v) is 7.49. The molecule has 1 atom stereocenters. The van der Waals surface area contributed by atoms with Gasteiger partial charge in [-0.3, -0.25) is 0 Å². The highest BCUT2D eigenvalue weighted by Gasteiger charge is 2.18. The van der Waals surface area contributed by atoms with Crippen molar-refractivity contribution in [3.05, 3.63) is 59.4 Å². The SMILES string of the molecule is CCCNC(c1ccoc1)c1csc2ccccc12. The normalized spacial score (nSPS) is 12.9. The summed E-state index contributed by atoms with van der Waals surface area (Å²) in [5.74, 6) is 0. The van der Waals surface area contributed by atoms with Gasteiger partial charge >= 0.3 is 0 Å². The van der Waals surface area contributed by atoms with Crippen LogP contribution in [0.3, 0.4) is 0 Å². The molecule has 0 saturated carbocycles. The lowest BCUT2D eigenvalue weighted by atomic mass is 10.0. The molecule has 0 aliphatic rings. The van der Waals surface area contributed by atoms with Gasteiger partial charge in [-0.2, -0.15) is 0 Å². The van der Waals surface area contributed by atoms with Crippen molar-refractivity contribution in [2.24, 2.45) is 0 Å². The number of hydrogen-bond donors (Lipinski definition) is 1. The van der Waals surface area contributed by atoms with E-state index in [-0.39, 0.29) is 6.04 Å². The monoisotopic (exact) mass is 271 g/mol. The molecule has 0 saturated heterocycles. The Hall–Kier alpha value is -1.58. The maximum atomic E-state index is 5.25. The number of thiophene rings is 1. The standard InChI is InChI=1S/C16H17NOS/c1-2-8-17-16(12-7-9-18-10-12)14-11-19-15-6-4-3-5-13(14)15/h3-7,9-11,16-17H,2,8H2,1H3. The molecule has 3 rings (SSSR count). The number of fused-ring (bicyclic) bond motifs is 1. The van der Waals surface area contributed by atoms with Crippen LogP contribution in [-0.2, 0) is 0 Å². The average molecular weight is 271 g/mol. The Morgan fingerprint density at radius 3 is 2.95 bits per heavy atom. The minimum Gasteiger partial charge on any atom is -0.472 e. The van der Waals surface area contributed by atoms with Crippen molar-refractivity contribution in [1.29, 1.82) is 0 Å². The summed E-state index contributed by atoms with van der Waals surface area (Å²) in [6, 6.07) is 10.8. The molecule has 0 aliphatic heterocycles. The fourth-order valence-corrected chi connectivity index (χ4v) is 3.34. The minimum absolute atomic E-state index is 0.217. The van der Waals surface area contributed by atoms with Gasteiger partial charge in [-0.05, 0) is 41.4 Å². The van der Waals surface area contributed by atoms with Crippen LogP contribution in [0.25, 0.3) is 10.1 Å². The lowest BCUT2D eigenvalue weighted by Gasteiger charge is -2.16. The Bertz CT molecular complexity index is 642. The van der Waals surface area contributed by atoms with Crippen LogP contribution in [0.15, 0.2) is 52.7 Å². The van der Waals surface area contributed by atoms with Gasteiger partial charge in [0, 0.05) is 10.3 Å². The molecule has 0 bridgehead atoms. The second-order valence-corrected chi connectivity index (χ2v) is 5.54. The molecule has 98 valence electrons. The molecule has 19 heavy (non-hydrogen) atoms. The Morgan fingerprint density at radius 1 is 1.26 bits per heavy atom. The van der Waals surface area contributed by atoms with Gasteiger partial charge in [-0.25, -0.2) is 0 Å². The van der Waals surface area contributed by atoms with E-state index >= 15 is 0 Å². The molecule has 0 amide bonds. The van der Waals surface area contributed by atoms with E-state index in [1.807, 2.05) is 12.3 Å². The second kappa shape index (κ2) is 5.59. The van der Waals surface area contributed by atoms with Crippen molar-refractivity contribution < 1.29 is 4.42 Å². The van der Waals surface area contributed by atoms with Crippen molar-refractivity contribution in [1.82, 2.24) is 5.32 Å². The molecule has 1 unspecified atom stereocenters.